The van der Waals surface area contributed by atoms with Crippen molar-refractivity contribution in [3.8, 4) is 0 Å². The van der Waals surface area contributed by atoms with Gasteiger partial charge in [0.1, 0.15) is 0 Å². The molecule has 110 valence electrons. The number of hydrogen-bond donors (Lipinski definition) is 1. The molecule has 1 N–H and O–H groups in total. The van der Waals surface area contributed by atoms with Crippen LogP contribution in [0.25, 0.3) is 0 Å². The highest BCUT2D eigenvalue weighted by atomic mass is 16.5. The first kappa shape index (κ1) is 14.8. The summed E-state index contributed by atoms with van der Waals surface area (Å²) in [5.74, 6) is 0.280. The Morgan fingerprint density at radius 3 is 2.58 bits per heavy atom. The van der Waals surface area contributed by atoms with Crippen LogP contribution in [0, 0.1) is 5.41 Å². The third kappa shape index (κ3) is 4.18. The van der Waals surface area contributed by atoms with E-state index in [0.717, 1.165) is 45.5 Å². The summed E-state index contributed by atoms with van der Waals surface area (Å²) < 4.78 is 5.16. The van der Waals surface area contributed by atoms with Gasteiger partial charge in [0.15, 0.2) is 0 Å². The van der Waals surface area contributed by atoms with Crippen LogP contribution in [0.4, 0.5) is 0 Å². The second-order valence-electron chi connectivity index (χ2n) is 6.23. The van der Waals surface area contributed by atoms with E-state index in [9.17, 15) is 4.79 Å². The molecule has 0 aromatic rings. The third-order valence-corrected chi connectivity index (χ3v) is 4.62. The molecular formula is C15H28N2O2. The molecule has 0 bridgehead atoms. The van der Waals surface area contributed by atoms with Crippen LogP contribution in [0.3, 0.4) is 0 Å². The Bertz CT molecular complexity index is 297. The van der Waals surface area contributed by atoms with Crippen molar-refractivity contribution in [1.82, 2.24) is 10.2 Å². The fourth-order valence-electron chi connectivity index (χ4n) is 2.86. The summed E-state index contributed by atoms with van der Waals surface area (Å²) in [7, 11) is 1.76. The van der Waals surface area contributed by atoms with Crippen molar-refractivity contribution < 1.29 is 9.53 Å². The smallest absolute Gasteiger partial charge is 0.239 e. The van der Waals surface area contributed by atoms with Crippen LogP contribution >= 0.6 is 0 Å². The number of carbonyl (C=O) groups excluding carboxylic acids is 1. The van der Waals surface area contributed by atoms with Crippen molar-refractivity contribution in [3.63, 3.8) is 0 Å². The minimum Gasteiger partial charge on any atom is -0.385 e. The summed E-state index contributed by atoms with van der Waals surface area (Å²) in [6.07, 6.45) is 7.25. The highest BCUT2D eigenvalue weighted by molar-refractivity contribution is 5.81. The average Bonchev–Trinajstić information content (AvgIpc) is 3.23. The number of likely N-dealkylation sites (tertiary alicyclic amines) is 1. The Kier molecular flexibility index (Phi) is 5.22. The van der Waals surface area contributed by atoms with Gasteiger partial charge in [0.05, 0.1) is 6.04 Å². The number of amides is 1. The highest BCUT2D eigenvalue weighted by Gasteiger charge is 2.42. The van der Waals surface area contributed by atoms with Crippen molar-refractivity contribution in [3.05, 3.63) is 0 Å². The fourth-order valence-corrected chi connectivity index (χ4v) is 2.86. The fraction of sp³-hybridized carbons (Fsp3) is 0.933. The molecular weight excluding hydrogens is 240 g/mol. The first-order valence-corrected chi connectivity index (χ1v) is 7.68. The summed E-state index contributed by atoms with van der Waals surface area (Å²) in [6.45, 7) is 5.68. The number of piperidine rings is 1. The van der Waals surface area contributed by atoms with E-state index in [1.165, 1.54) is 19.3 Å². The van der Waals surface area contributed by atoms with Crippen molar-refractivity contribution in [2.45, 2.75) is 51.5 Å². The maximum atomic E-state index is 12.3. The van der Waals surface area contributed by atoms with Crippen molar-refractivity contribution in [2.24, 2.45) is 5.41 Å². The van der Waals surface area contributed by atoms with Crippen molar-refractivity contribution in [2.75, 3.05) is 33.4 Å². The number of ether oxygens (including phenoxy) is 1. The van der Waals surface area contributed by atoms with E-state index in [4.69, 9.17) is 4.74 Å². The first-order chi connectivity index (χ1) is 9.17. The van der Waals surface area contributed by atoms with Gasteiger partial charge < -0.3 is 15.0 Å². The first-order valence-electron chi connectivity index (χ1n) is 7.68. The van der Waals surface area contributed by atoms with Gasteiger partial charge in [-0.3, -0.25) is 4.79 Å². The van der Waals surface area contributed by atoms with Crippen LogP contribution in [-0.2, 0) is 9.53 Å². The monoisotopic (exact) mass is 268 g/mol. The van der Waals surface area contributed by atoms with Gasteiger partial charge in [-0.25, -0.2) is 0 Å². The van der Waals surface area contributed by atoms with Gasteiger partial charge in [-0.15, -0.1) is 0 Å². The molecule has 1 saturated heterocycles. The lowest BCUT2D eigenvalue weighted by Gasteiger charge is -2.30. The SMILES string of the molecule is COCCC1(CNC(C)C(=O)N2CCCCC2)CC1. The minimum absolute atomic E-state index is 0.0434. The number of nitrogens with zero attached hydrogens (tertiary/aromatic N) is 1. The lowest BCUT2D eigenvalue weighted by Crippen LogP contribution is -2.48. The normalized spacial score (nSPS) is 23.2. The lowest BCUT2D eigenvalue weighted by molar-refractivity contribution is -0.134. The maximum absolute atomic E-state index is 12.3. The molecule has 0 aromatic heterocycles. The molecule has 19 heavy (non-hydrogen) atoms. The van der Waals surface area contributed by atoms with E-state index < -0.39 is 0 Å². The molecule has 0 aromatic carbocycles. The Balaban J connectivity index is 1.71. The number of nitrogens with one attached hydrogen (secondary N) is 1. The predicted molar refractivity (Wildman–Crippen MR) is 76.1 cm³/mol. The van der Waals surface area contributed by atoms with Gasteiger partial charge in [-0.2, -0.15) is 0 Å². The summed E-state index contributed by atoms with van der Waals surface area (Å²) in [5, 5.41) is 3.44. The molecule has 2 rings (SSSR count). The summed E-state index contributed by atoms with van der Waals surface area (Å²) in [6, 6.07) is -0.0434. The van der Waals surface area contributed by atoms with E-state index >= 15 is 0 Å². The maximum Gasteiger partial charge on any atom is 0.239 e. The Labute approximate surface area is 116 Å². The molecule has 1 heterocycles. The van der Waals surface area contributed by atoms with Gasteiger partial charge >= 0.3 is 0 Å². The molecule has 1 unspecified atom stereocenters. The third-order valence-electron chi connectivity index (χ3n) is 4.62. The Hall–Kier alpha value is -0.610. The van der Waals surface area contributed by atoms with Gasteiger partial charge in [0.2, 0.25) is 5.91 Å². The zero-order valence-electron chi connectivity index (χ0n) is 12.4. The van der Waals surface area contributed by atoms with E-state index in [2.05, 4.69) is 5.32 Å². The van der Waals surface area contributed by atoms with E-state index in [1.54, 1.807) is 7.11 Å². The van der Waals surface area contributed by atoms with Gasteiger partial charge in [-0.1, -0.05) is 0 Å². The molecule has 2 fully saturated rings. The van der Waals surface area contributed by atoms with Gasteiger partial charge in [0, 0.05) is 33.4 Å². The van der Waals surface area contributed by atoms with Crippen LogP contribution in [0.1, 0.15) is 45.4 Å². The standard InChI is InChI=1S/C15H28N2O2/c1-13(14(18)17-9-4-3-5-10-17)16-12-15(6-7-15)8-11-19-2/h13,16H,3-12H2,1-2H3. The molecule has 0 radical (unpaired) electrons. The topological polar surface area (TPSA) is 41.6 Å². The van der Waals surface area contributed by atoms with Crippen LogP contribution in [-0.4, -0.2) is 50.2 Å². The lowest BCUT2D eigenvalue weighted by atomic mass is 10.0. The number of hydrogen-bond acceptors (Lipinski definition) is 3. The zero-order valence-corrected chi connectivity index (χ0v) is 12.4. The summed E-state index contributed by atoms with van der Waals surface area (Å²) >= 11 is 0. The molecule has 4 heteroatoms. The van der Waals surface area contributed by atoms with Gasteiger partial charge in [-0.05, 0) is 50.9 Å². The quantitative estimate of drug-likeness (QED) is 0.765. The molecule has 0 spiro atoms. The molecule has 1 saturated carbocycles. The van der Waals surface area contributed by atoms with Crippen molar-refractivity contribution in [1.29, 1.82) is 0 Å². The minimum atomic E-state index is -0.0434. The predicted octanol–water partition coefficient (Wildman–Crippen LogP) is 1.79. The Morgan fingerprint density at radius 2 is 2.00 bits per heavy atom. The molecule has 1 amide bonds. The van der Waals surface area contributed by atoms with Crippen LogP contribution < -0.4 is 5.32 Å². The molecule has 4 nitrogen and oxygen atoms in total. The van der Waals surface area contributed by atoms with Gasteiger partial charge in [0.25, 0.3) is 0 Å². The second kappa shape index (κ2) is 6.71. The van der Waals surface area contributed by atoms with E-state index in [1.807, 2.05) is 11.8 Å². The number of methoxy groups -OCH3 is 1. The Morgan fingerprint density at radius 1 is 1.32 bits per heavy atom. The summed E-state index contributed by atoms with van der Waals surface area (Å²) in [4.78, 5) is 14.3. The summed E-state index contributed by atoms with van der Waals surface area (Å²) in [5.41, 5.74) is 0.409. The zero-order chi connectivity index (χ0) is 13.7. The largest absolute Gasteiger partial charge is 0.385 e. The number of rotatable bonds is 7. The van der Waals surface area contributed by atoms with Crippen LogP contribution in [0.2, 0.25) is 0 Å². The molecule has 1 atom stereocenters. The van der Waals surface area contributed by atoms with Crippen molar-refractivity contribution >= 4 is 5.91 Å². The molecule has 2 aliphatic rings. The molecule has 1 aliphatic heterocycles. The molecule has 1 aliphatic carbocycles. The van der Waals surface area contributed by atoms with Crippen LogP contribution in [0.15, 0.2) is 0 Å². The van der Waals surface area contributed by atoms with E-state index in [0.29, 0.717) is 5.41 Å². The second-order valence-corrected chi connectivity index (χ2v) is 6.23. The van der Waals surface area contributed by atoms with E-state index in [-0.39, 0.29) is 11.9 Å². The average molecular weight is 268 g/mol. The highest BCUT2D eigenvalue weighted by Crippen LogP contribution is 2.48. The van der Waals surface area contributed by atoms with Crippen LogP contribution in [0.5, 0.6) is 0 Å². The number of carbonyl (C=O) groups is 1.